The topological polar surface area (TPSA) is 49.4 Å². The van der Waals surface area contributed by atoms with Gasteiger partial charge in [0.1, 0.15) is 16.5 Å². The predicted octanol–water partition coefficient (Wildman–Crippen LogP) is 3.88. The fraction of sp³-hybridized carbons (Fsp3) is 0.111. The van der Waals surface area contributed by atoms with Crippen LogP contribution in [0.25, 0.3) is 0 Å². The molecule has 2 aromatic rings. The maximum atomic E-state index is 13.0. The fourth-order valence-corrected chi connectivity index (χ4v) is 2.61. The SMILES string of the molecule is Cc1ccc(NC2=C(Cl)C(=O)N(c3ccc(F)cc3)C2=O)cc1C. The number of halogens is 2. The third kappa shape index (κ3) is 2.78. The highest BCUT2D eigenvalue weighted by Gasteiger charge is 2.38. The lowest BCUT2D eigenvalue weighted by Crippen LogP contribution is -2.32. The minimum Gasteiger partial charge on any atom is -0.350 e. The molecule has 1 heterocycles. The summed E-state index contributed by atoms with van der Waals surface area (Å²) >= 11 is 6.05. The molecule has 1 aliphatic heterocycles. The number of carbonyl (C=O) groups excluding carboxylic acids is 2. The summed E-state index contributed by atoms with van der Waals surface area (Å²) in [4.78, 5) is 25.8. The first-order valence-corrected chi connectivity index (χ1v) is 7.64. The molecule has 1 N–H and O–H groups in total. The van der Waals surface area contributed by atoms with E-state index in [9.17, 15) is 14.0 Å². The quantitative estimate of drug-likeness (QED) is 0.860. The summed E-state index contributed by atoms with van der Waals surface area (Å²) in [6.07, 6.45) is 0. The maximum absolute atomic E-state index is 13.0. The Hall–Kier alpha value is -2.66. The molecule has 0 saturated heterocycles. The van der Waals surface area contributed by atoms with Crippen molar-refractivity contribution in [3.8, 4) is 0 Å². The molecule has 0 aromatic heterocycles. The van der Waals surface area contributed by atoms with Gasteiger partial charge in [0.2, 0.25) is 0 Å². The highest BCUT2D eigenvalue weighted by Crippen LogP contribution is 2.30. The van der Waals surface area contributed by atoms with Crippen molar-refractivity contribution in [1.82, 2.24) is 0 Å². The van der Waals surface area contributed by atoms with Crippen molar-refractivity contribution in [2.45, 2.75) is 13.8 Å². The third-order valence-corrected chi connectivity index (χ3v) is 4.24. The van der Waals surface area contributed by atoms with Gasteiger partial charge in [0.05, 0.1) is 5.69 Å². The van der Waals surface area contributed by atoms with Gasteiger partial charge in [-0.1, -0.05) is 17.7 Å². The van der Waals surface area contributed by atoms with Crippen molar-refractivity contribution in [2.24, 2.45) is 0 Å². The van der Waals surface area contributed by atoms with E-state index < -0.39 is 17.6 Å². The first-order chi connectivity index (χ1) is 11.4. The van der Waals surface area contributed by atoms with Crippen molar-refractivity contribution < 1.29 is 14.0 Å². The van der Waals surface area contributed by atoms with E-state index in [0.29, 0.717) is 5.69 Å². The van der Waals surface area contributed by atoms with Gasteiger partial charge in [-0.2, -0.15) is 0 Å². The second kappa shape index (κ2) is 6.09. The molecule has 1 aliphatic rings. The minimum atomic E-state index is -0.639. The van der Waals surface area contributed by atoms with Crippen LogP contribution in [-0.4, -0.2) is 11.8 Å². The minimum absolute atomic E-state index is 0.00856. The number of anilines is 2. The normalized spacial score (nSPS) is 14.6. The van der Waals surface area contributed by atoms with E-state index >= 15 is 0 Å². The molecule has 0 fully saturated rings. The summed E-state index contributed by atoms with van der Waals surface area (Å²) in [7, 11) is 0. The average molecular weight is 345 g/mol. The third-order valence-electron chi connectivity index (χ3n) is 3.89. The van der Waals surface area contributed by atoms with Crippen molar-refractivity contribution in [1.29, 1.82) is 0 Å². The lowest BCUT2D eigenvalue weighted by atomic mass is 10.1. The number of rotatable bonds is 3. The van der Waals surface area contributed by atoms with E-state index in [0.717, 1.165) is 16.0 Å². The van der Waals surface area contributed by atoms with E-state index in [2.05, 4.69) is 5.32 Å². The molecule has 0 spiro atoms. The van der Waals surface area contributed by atoms with E-state index in [-0.39, 0.29) is 16.4 Å². The van der Waals surface area contributed by atoms with Crippen LogP contribution in [0, 0.1) is 19.7 Å². The van der Waals surface area contributed by atoms with Gasteiger partial charge in [0.25, 0.3) is 11.8 Å². The smallest absolute Gasteiger partial charge is 0.283 e. The molecular formula is C18H14ClFN2O2. The first-order valence-electron chi connectivity index (χ1n) is 7.27. The Morgan fingerprint density at radius 1 is 0.958 bits per heavy atom. The maximum Gasteiger partial charge on any atom is 0.283 e. The zero-order valence-electron chi connectivity index (χ0n) is 13.1. The molecule has 2 amide bonds. The number of nitrogens with one attached hydrogen (secondary N) is 1. The fourth-order valence-electron chi connectivity index (χ4n) is 2.40. The molecule has 0 atom stereocenters. The Kier molecular flexibility index (Phi) is 4.11. The zero-order chi connectivity index (χ0) is 17.4. The summed E-state index contributed by atoms with van der Waals surface area (Å²) < 4.78 is 13.0. The van der Waals surface area contributed by atoms with Crippen molar-refractivity contribution in [3.05, 3.63) is 70.1 Å². The summed E-state index contributed by atoms with van der Waals surface area (Å²) in [6.45, 7) is 3.93. The second-order valence-corrected chi connectivity index (χ2v) is 5.91. The Balaban J connectivity index is 1.91. The van der Waals surface area contributed by atoms with Crippen molar-refractivity contribution >= 4 is 34.8 Å². The molecule has 6 heteroatoms. The number of amides is 2. The number of imide groups is 1. The van der Waals surface area contributed by atoms with Crippen LogP contribution in [0.3, 0.4) is 0 Å². The second-order valence-electron chi connectivity index (χ2n) is 5.54. The number of nitrogens with zero attached hydrogens (tertiary/aromatic N) is 1. The van der Waals surface area contributed by atoms with E-state index in [1.807, 2.05) is 26.0 Å². The summed E-state index contributed by atoms with van der Waals surface area (Å²) in [5.41, 5.74) is 3.09. The molecule has 2 aromatic carbocycles. The van der Waals surface area contributed by atoms with Gasteiger partial charge in [-0.05, 0) is 61.4 Å². The summed E-state index contributed by atoms with van der Waals surface area (Å²) in [5.74, 6) is -1.67. The monoisotopic (exact) mass is 344 g/mol. The van der Waals surface area contributed by atoms with Gasteiger partial charge in [0, 0.05) is 5.69 Å². The van der Waals surface area contributed by atoms with Crippen LogP contribution >= 0.6 is 11.6 Å². The standard InChI is InChI=1S/C18H14ClFN2O2/c1-10-3-6-13(9-11(10)2)21-16-15(19)17(23)22(18(16)24)14-7-4-12(20)5-8-14/h3-9,21H,1-2H3. The largest absolute Gasteiger partial charge is 0.350 e. The van der Waals surface area contributed by atoms with Gasteiger partial charge in [-0.3, -0.25) is 9.59 Å². The van der Waals surface area contributed by atoms with Crippen LogP contribution in [0.4, 0.5) is 15.8 Å². The molecule has 0 saturated carbocycles. The Bertz CT molecular complexity index is 875. The van der Waals surface area contributed by atoms with Crippen LogP contribution in [0.1, 0.15) is 11.1 Å². The Morgan fingerprint density at radius 2 is 1.62 bits per heavy atom. The van der Waals surface area contributed by atoms with Crippen LogP contribution in [-0.2, 0) is 9.59 Å². The van der Waals surface area contributed by atoms with E-state index in [1.165, 1.54) is 24.3 Å². The Morgan fingerprint density at radius 3 is 2.25 bits per heavy atom. The van der Waals surface area contributed by atoms with Crippen molar-refractivity contribution in [3.63, 3.8) is 0 Å². The number of benzene rings is 2. The highest BCUT2D eigenvalue weighted by molar-refractivity contribution is 6.53. The van der Waals surface area contributed by atoms with E-state index in [1.54, 1.807) is 6.07 Å². The first kappa shape index (κ1) is 16.2. The van der Waals surface area contributed by atoms with Crippen LogP contribution in [0.2, 0.25) is 0 Å². The van der Waals surface area contributed by atoms with Crippen LogP contribution in [0.5, 0.6) is 0 Å². The molecule has 0 aliphatic carbocycles. The summed E-state index contributed by atoms with van der Waals surface area (Å²) in [5, 5.41) is 2.72. The van der Waals surface area contributed by atoms with Gasteiger partial charge >= 0.3 is 0 Å². The molecule has 0 radical (unpaired) electrons. The zero-order valence-corrected chi connectivity index (χ0v) is 13.8. The Labute approximate surface area is 143 Å². The van der Waals surface area contributed by atoms with Gasteiger partial charge < -0.3 is 5.32 Å². The van der Waals surface area contributed by atoms with Gasteiger partial charge in [-0.15, -0.1) is 0 Å². The summed E-state index contributed by atoms with van der Waals surface area (Å²) in [6, 6.07) is 10.6. The number of hydrogen-bond donors (Lipinski definition) is 1. The number of carbonyl (C=O) groups is 2. The van der Waals surface area contributed by atoms with E-state index in [4.69, 9.17) is 11.6 Å². The van der Waals surface area contributed by atoms with Gasteiger partial charge in [-0.25, -0.2) is 9.29 Å². The lowest BCUT2D eigenvalue weighted by Gasteiger charge is -2.15. The van der Waals surface area contributed by atoms with Crippen molar-refractivity contribution in [2.75, 3.05) is 10.2 Å². The van der Waals surface area contributed by atoms with Gasteiger partial charge in [0.15, 0.2) is 0 Å². The average Bonchev–Trinajstić information content (AvgIpc) is 2.76. The molecule has 122 valence electrons. The number of hydrogen-bond acceptors (Lipinski definition) is 3. The number of aryl methyl sites for hydroxylation is 2. The molecule has 0 unspecified atom stereocenters. The molecular weight excluding hydrogens is 331 g/mol. The molecule has 4 nitrogen and oxygen atoms in total. The highest BCUT2D eigenvalue weighted by atomic mass is 35.5. The molecule has 0 bridgehead atoms. The predicted molar refractivity (Wildman–Crippen MR) is 91.3 cm³/mol. The molecule has 24 heavy (non-hydrogen) atoms. The lowest BCUT2D eigenvalue weighted by molar-refractivity contribution is -0.120. The van der Waals surface area contributed by atoms with Crippen LogP contribution < -0.4 is 10.2 Å². The molecule has 3 rings (SSSR count). The van der Waals surface area contributed by atoms with Crippen LogP contribution in [0.15, 0.2) is 53.2 Å².